The maximum atomic E-state index is 12.2. The van der Waals surface area contributed by atoms with Crippen molar-refractivity contribution >= 4 is 17.5 Å². The largest absolute Gasteiger partial charge is 0.379 e. The summed E-state index contributed by atoms with van der Waals surface area (Å²) < 4.78 is 5.30. The molecule has 1 aliphatic rings. The summed E-state index contributed by atoms with van der Waals surface area (Å²) in [6.07, 6.45) is 3.09. The number of morpholine rings is 1. The van der Waals surface area contributed by atoms with Crippen LogP contribution in [-0.2, 0) is 4.74 Å². The van der Waals surface area contributed by atoms with Gasteiger partial charge in [0.25, 0.3) is 5.91 Å². The predicted molar refractivity (Wildman–Crippen MR) is 89.1 cm³/mol. The zero-order valence-corrected chi connectivity index (χ0v) is 13.3. The van der Waals surface area contributed by atoms with E-state index in [2.05, 4.69) is 30.5 Å². The highest BCUT2D eigenvalue weighted by molar-refractivity contribution is 5.92. The van der Waals surface area contributed by atoms with Gasteiger partial charge in [-0.05, 0) is 18.2 Å². The summed E-state index contributed by atoms with van der Waals surface area (Å²) in [5.41, 5.74) is 0.371. The van der Waals surface area contributed by atoms with E-state index in [1.54, 1.807) is 30.5 Å². The summed E-state index contributed by atoms with van der Waals surface area (Å²) in [7, 11) is 0. The first-order chi connectivity index (χ1) is 11.8. The van der Waals surface area contributed by atoms with Crippen molar-refractivity contribution in [1.29, 1.82) is 0 Å². The van der Waals surface area contributed by atoms with Crippen molar-refractivity contribution in [2.75, 3.05) is 44.7 Å². The summed E-state index contributed by atoms with van der Waals surface area (Å²) in [6.45, 7) is 4.73. The van der Waals surface area contributed by atoms with Crippen LogP contribution in [0.5, 0.6) is 0 Å². The van der Waals surface area contributed by atoms with Crippen LogP contribution in [-0.4, -0.2) is 65.2 Å². The van der Waals surface area contributed by atoms with E-state index in [1.165, 1.54) is 6.33 Å². The summed E-state index contributed by atoms with van der Waals surface area (Å²) in [4.78, 5) is 26.7. The van der Waals surface area contributed by atoms with E-state index in [0.29, 0.717) is 23.9 Å². The lowest BCUT2D eigenvalue weighted by Crippen LogP contribution is -2.41. The molecule has 2 aromatic heterocycles. The Morgan fingerprint density at radius 1 is 1.21 bits per heavy atom. The highest BCUT2D eigenvalue weighted by Crippen LogP contribution is 2.11. The van der Waals surface area contributed by atoms with E-state index >= 15 is 0 Å². The standard InChI is InChI=1S/C16H20N6O2/c23-16(18-6-7-22-8-10-24-11-9-22)13-2-1-3-15(20-13)21-14-4-5-17-12-19-14/h1-5,12H,6-11H2,(H,18,23)(H,17,19,20,21). The monoisotopic (exact) mass is 328 g/mol. The van der Waals surface area contributed by atoms with Gasteiger partial charge < -0.3 is 15.4 Å². The van der Waals surface area contributed by atoms with Gasteiger partial charge in [-0.2, -0.15) is 0 Å². The normalized spacial score (nSPS) is 15.0. The number of nitrogens with zero attached hydrogens (tertiary/aromatic N) is 4. The second kappa shape index (κ2) is 8.32. The van der Waals surface area contributed by atoms with Gasteiger partial charge in [0.15, 0.2) is 0 Å². The zero-order chi connectivity index (χ0) is 16.6. The molecule has 2 aromatic rings. The maximum absolute atomic E-state index is 12.2. The number of rotatable bonds is 6. The van der Waals surface area contributed by atoms with Gasteiger partial charge in [0.05, 0.1) is 13.2 Å². The lowest BCUT2D eigenvalue weighted by Gasteiger charge is -2.26. The number of nitrogens with one attached hydrogen (secondary N) is 2. The minimum absolute atomic E-state index is 0.186. The van der Waals surface area contributed by atoms with E-state index in [-0.39, 0.29) is 5.91 Å². The van der Waals surface area contributed by atoms with Crippen molar-refractivity contribution in [3.63, 3.8) is 0 Å². The van der Waals surface area contributed by atoms with Crippen LogP contribution in [0.25, 0.3) is 0 Å². The third kappa shape index (κ3) is 4.71. The number of carbonyl (C=O) groups is 1. The molecule has 0 bridgehead atoms. The smallest absolute Gasteiger partial charge is 0.270 e. The second-order valence-corrected chi connectivity index (χ2v) is 5.34. The Morgan fingerprint density at radius 2 is 2.08 bits per heavy atom. The van der Waals surface area contributed by atoms with Crippen LogP contribution < -0.4 is 10.6 Å². The Kier molecular flexibility index (Phi) is 5.65. The van der Waals surface area contributed by atoms with E-state index in [1.807, 2.05) is 0 Å². The van der Waals surface area contributed by atoms with Crippen molar-refractivity contribution < 1.29 is 9.53 Å². The van der Waals surface area contributed by atoms with Gasteiger partial charge in [0, 0.05) is 32.4 Å². The third-order valence-corrected chi connectivity index (χ3v) is 3.64. The second-order valence-electron chi connectivity index (χ2n) is 5.34. The molecule has 1 fully saturated rings. The molecule has 3 heterocycles. The van der Waals surface area contributed by atoms with Crippen LogP contribution in [0.15, 0.2) is 36.8 Å². The number of aromatic nitrogens is 3. The molecular weight excluding hydrogens is 308 g/mol. The number of hydrogen-bond acceptors (Lipinski definition) is 7. The average Bonchev–Trinajstić information content (AvgIpc) is 2.64. The molecule has 1 saturated heterocycles. The molecule has 1 aliphatic heterocycles. The number of anilines is 2. The first-order valence-electron chi connectivity index (χ1n) is 7.90. The molecule has 2 N–H and O–H groups in total. The van der Waals surface area contributed by atoms with Crippen LogP contribution in [0.2, 0.25) is 0 Å². The first kappa shape index (κ1) is 16.3. The van der Waals surface area contributed by atoms with E-state index < -0.39 is 0 Å². The van der Waals surface area contributed by atoms with Crippen LogP contribution in [0.1, 0.15) is 10.5 Å². The Balaban J connectivity index is 1.52. The lowest BCUT2D eigenvalue weighted by atomic mass is 10.3. The molecule has 0 radical (unpaired) electrons. The number of carbonyl (C=O) groups excluding carboxylic acids is 1. The quantitative estimate of drug-likeness (QED) is 0.805. The fourth-order valence-corrected chi connectivity index (χ4v) is 2.37. The Bertz CT molecular complexity index is 661. The van der Waals surface area contributed by atoms with Crippen molar-refractivity contribution in [2.24, 2.45) is 0 Å². The minimum atomic E-state index is -0.186. The molecule has 8 heteroatoms. The van der Waals surface area contributed by atoms with E-state index in [4.69, 9.17) is 4.74 Å². The summed E-state index contributed by atoms with van der Waals surface area (Å²) >= 11 is 0. The van der Waals surface area contributed by atoms with Gasteiger partial charge in [0.1, 0.15) is 23.7 Å². The highest BCUT2D eigenvalue weighted by atomic mass is 16.5. The van der Waals surface area contributed by atoms with Crippen LogP contribution in [0.4, 0.5) is 11.6 Å². The number of hydrogen-bond donors (Lipinski definition) is 2. The number of amides is 1. The molecule has 1 amide bonds. The molecule has 0 aromatic carbocycles. The van der Waals surface area contributed by atoms with Crippen LogP contribution >= 0.6 is 0 Å². The molecule has 24 heavy (non-hydrogen) atoms. The van der Waals surface area contributed by atoms with Gasteiger partial charge in [-0.3, -0.25) is 9.69 Å². The first-order valence-corrected chi connectivity index (χ1v) is 7.90. The van der Waals surface area contributed by atoms with Crippen LogP contribution in [0.3, 0.4) is 0 Å². The molecule has 0 atom stereocenters. The van der Waals surface area contributed by atoms with E-state index in [0.717, 1.165) is 32.8 Å². The molecule has 8 nitrogen and oxygen atoms in total. The molecule has 3 rings (SSSR count). The maximum Gasteiger partial charge on any atom is 0.270 e. The van der Waals surface area contributed by atoms with Gasteiger partial charge in [-0.15, -0.1) is 0 Å². The van der Waals surface area contributed by atoms with Gasteiger partial charge >= 0.3 is 0 Å². The van der Waals surface area contributed by atoms with Gasteiger partial charge in [-0.25, -0.2) is 15.0 Å². The highest BCUT2D eigenvalue weighted by Gasteiger charge is 2.12. The van der Waals surface area contributed by atoms with Gasteiger partial charge in [0.2, 0.25) is 0 Å². The van der Waals surface area contributed by atoms with E-state index in [9.17, 15) is 4.79 Å². The Labute approximate surface area is 140 Å². The minimum Gasteiger partial charge on any atom is -0.379 e. The Morgan fingerprint density at radius 3 is 2.88 bits per heavy atom. The third-order valence-electron chi connectivity index (χ3n) is 3.64. The molecule has 0 saturated carbocycles. The lowest BCUT2D eigenvalue weighted by molar-refractivity contribution is 0.0383. The molecule has 0 unspecified atom stereocenters. The number of pyridine rings is 1. The molecule has 0 aliphatic carbocycles. The fraction of sp³-hybridized carbons (Fsp3) is 0.375. The van der Waals surface area contributed by atoms with Crippen molar-refractivity contribution in [1.82, 2.24) is 25.2 Å². The zero-order valence-electron chi connectivity index (χ0n) is 13.3. The van der Waals surface area contributed by atoms with Gasteiger partial charge in [-0.1, -0.05) is 6.07 Å². The fourth-order valence-electron chi connectivity index (χ4n) is 2.37. The van der Waals surface area contributed by atoms with Crippen molar-refractivity contribution in [3.05, 3.63) is 42.5 Å². The summed E-state index contributed by atoms with van der Waals surface area (Å²) in [6, 6.07) is 6.99. The summed E-state index contributed by atoms with van der Waals surface area (Å²) in [5, 5.41) is 5.94. The molecule has 0 spiro atoms. The van der Waals surface area contributed by atoms with Crippen molar-refractivity contribution in [3.8, 4) is 0 Å². The predicted octanol–water partition coefficient (Wildman–Crippen LogP) is 0.677. The molecular formula is C16H20N6O2. The Hall–Kier alpha value is -2.58. The summed E-state index contributed by atoms with van der Waals surface area (Å²) in [5.74, 6) is 1.01. The topological polar surface area (TPSA) is 92.3 Å². The molecule has 126 valence electrons. The number of ether oxygens (including phenoxy) is 1. The van der Waals surface area contributed by atoms with Crippen molar-refractivity contribution in [2.45, 2.75) is 0 Å². The average molecular weight is 328 g/mol. The SMILES string of the molecule is O=C(NCCN1CCOCC1)c1cccc(Nc2ccncn2)n1. The van der Waals surface area contributed by atoms with Crippen LogP contribution in [0, 0.1) is 0 Å².